The fraction of sp³-hybridized carbons (Fsp3) is 1.00. The average molecular weight is 383 g/mol. The van der Waals surface area contributed by atoms with E-state index in [4.69, 9.17) is 0 Å². The minimum Gasteiger partial charge on any atom is -0.810 e. The van der Waals surface area contributed by atoms with Gasteiger partial charge in [0, 0.05) is 0 Å². The van der Waals surface area contributed by atoms with Gasteiger partial charge in [-0.3, -0.25) is 0 Å². The third-order valence-corrected chi connectivity index (χ3v) is 2.41. The smallest absolute Gasteiger partial charge is 0.460 e. The lowest BCUT2D eigenvalue weighted by Crippen LogP contribution is -2.70. The maximum atomic E-state index is 12.7. The molecule has 16 heteroatoms. The Hall–Kier alpha value is -0.560. The quantitative estimate of drug-likeness (QED) is 0.519. The van der Waals surface area contributed by atoms with Crippen molar-refractivity contribution in [2.45, 2.75) is 36.0 Å². The van der Waals surface area contributed by atoms with Crippen LogP contribution in [-0.4, -0.2) is 36.0 Å². The van der Waals surface area contributed by atoms with E-state index in [2.05, 4.69) is 4.52 Å². The summed E-state index contributed by atoms with van der Waals surface area (Å²) in [6.45, 7) is 0. The van der Waals surface area contributed by atoms with E-state index in [1.165, 1.54) is 0 Å². The van der Waals surface area contributed by atoms with Gasteiger partial charge in [0.2, 0.25) is 0 Å². The van der Waals surface area contributed by atoms with Crippen molar-refractivity contribution >= 4 is 9.03 Å². The van der Waals surface area contributed by atoms with Crippen LogP contribution in [0.1, 0.15) is 0 Å². The molecule has 134 valence electrons. The van der Waals surface area contributed by atoms with Crippen LogP contribution in [0.15, 0.2) is 0 Å². The Morgan fingerprint density at radius 1 is 0.545 bits per heavy atom. The van der Waals surface area contributed by atoms with Crippen LogP contribution in [0, 0.1) is 0 Å². The van der Waals surface area contributed by atoms with Gasteiger partial charge in [-0.05, 0) is 0 Å². The zero-order valence-electron chi connectivity index (χ0n) is 9.23. The molecule has 1 atom stereocenters. The van der Waals surface area contributed by atoms with Crippen molar-refractivity contribution < 1.29 is 66.5 Å². The maximum Gasteiger partial charge on any atom is 0.460 e. The Labute approximate surface area is 113 Å². The molecule has 2 nitrogen and oxygen atoms in total. The first kappa shape index (κ1) is 21.4. The Balaban J connectivity index is 6.11. The molecular weight excluding hydrogens is 382 g/mol. The minimum absolute atomic E-state index is 2.22. The molecule has 0 bridgehead atoms. The molecule has 0 aliphatic rings. The summed E-state index contributed by atoms with van der Waals surface area (Å²) in [5.74, 6) is -31.3. The van der Waals surface area contributed by atoms with E-state index in [9.17, 15) is 62.0 Å². The van der Waals surface area contributed by atoms with Crippen LogP contribution in [0.3, 0.4) is 0 Å². The molecule has 0 aromatic rings. The fourth-order valence-electron chi connectivity index (χ4n) is 0.872. The molecule has 22 heavy (non-hydrogen) atoms. The summed E-state index contributed by atoms with van der Waals surface area (Å²) >= 11 is 0. The van der Waals surface area contributed by atoms with Gasteiger partial charge in [0.05, 0.1) is 0 Å². The first-order valence-electron chi connectivity index (χ1n) is 4.32. The highest BCUT2D eigenvalue weighted by Crippen LogP contribution is 2.60. The van der Waals surface area contributed by atoms with Gasteiger partial charge in [-0.15, -0.1) is 0 Å². The zero-order chi connectivity index (χ0) is 18.4. The largest absolute Gasteiger partial charge is 0.810 e. The van der Waals surface area contributed by atoms with Crippen LogP contribution >= 0.6 is 9.03 Å². The fourth-order valence-corrected chi connectivity index (χ4v) is 1.10. The number of rotatable bonds is 6. The van der Waals surface area contributed by atoms with Crippen LogP contribution in [0.5, 0.6) is 0 Å². The van der Waals surface area contributed by atoms with Gasteiger partial charge in [-0.2, -0.15) is 57.1 Å². The molecule has 0 aliphatic carbocycles. The maximum absolute atomic E-state index is 12.7. The van der Waals surface area contributed by atoms with Crippen molar-refractivity contribution in [2.24, 2.45) is 0 Å². The average Bonchev–Trinajstić information content (AvgIpc) is 2.26. The van der Waals surface area contributed by atoms with E-state index in [0.717, 1.165) is 0 Å². The number of hydrogen-bond acceptors (Lipinski definition) is 2. The molecule has 0 spiro atoms. The van der Waals surface area contributed by atoms with Gasteiger partial charge in [-0.1, -0.05) is 9.03 Å². The van der Waals surface area contributed by atoms with Crippen LogP contribution in [0.4, 0.5) is 57.1 Å². The van der Waals surface area contributed by atoms with Gasteiger partial charge in [0.15, 0.2) is 0 Å². The second-order valence-electron chi connectivity index (χ2n) is 3.50. The third kappa shape index (κ3) is 2.82. The summed E-state index contributed by atoms with van der Waals surface area (Å²) in [5.41, 5.74) is 0. The molecule has 0 heterocycles. The standard InChI is InChI=1S/C6HF13O2P/c7-1(8,3(11,12)5(15,16)17)2(9,10)4(13,14)6(18,19)21-22-20/h22H/q-1. The lowest BCUT2D eigenvalue weighted by atomic mass is 9.97. The van der Waals surface area contributed by atoms with Gasteiger partial charge < -0.3 is 9.42 Å². The molecule has 0 aliphatic heterocycles. The third-order valence-electron chi connectivity index (χ3n) is 2.07. The van der Waals surface area contributed by atoms with Crippen molar-refractivity contribution in [1.29, 1.82) is 0 Å². The lowest BCUT2D eigenvalue weighted by molar-refractivity contribution is -0.458. The minimum atomic E-state index is -7.99. The molecule has 0 aromatic heterocycles. The predicted molar refractivity (Wildman–Crippen MR) is 40.2 cm³/mol. The Morgan fingerprint density at radius 3 is 1.14 bits per heavy atom. The van der Waals surface area contributed by atoms with E-state index in [-0.39, 0.29) is 0 Å². The van der Waals surface area contributed by atoms with E-state index in [1.807, 2.05) is 0 Å². The second-order valence-corrected chi connectivity index (χ2v) is 3.87. The SMILES string of the molecule is [O-]POC(F)(F)C(F)(F)C(F)(F)C(F)(F)C(F)(F)C(F)(F)F. The molecule has 0 saturated carbocycles. The van der Waals surface area contributed by atoms with Gasteiger partial charge >= 0.3 is 36.0 Å². The van der Waals surface area contributed by atoms with Crippen LogP contribution in [-0.2, 0) is 4.52 Å². The first-order chi connectivity index (χ1) is 9.31. The predicted octanol–water partition coefficient (Wildman–Crippen LogP) is 3.57. The van der Waals surface area contributed by atoms with Crippen LogP contribution < -0.4 is 4.89 Å². The molecule has 0 rings (SSSR count). The molecule has 0 aromatic carbocycles. The Kier molecular flexibility index (Phi) is 5.37. The highest BCUT2D eigenvalue weighted by atomic mass is 31.1. The summed E-state index contributed by atoms with van der Waals surface area (Å²) in [7, 11) is -2.95. The topological polar surface area (TPSA) is 32.3 Å². The van der Waals surface area contributed by atoms with E-state index < -0.39 is 45.0 Å². The molecule has 0 radical (unpaired) electrons. The molecule has 0 amide bonds. The van der Waals surface area contributed by atoms with E-state index >= 15 is 0 Å². The normalized spacial score (nSPS) is 16.6. The number of alkyl halides is 13. The van der Waals surface area contributed by atoms with Gasteiger partial charge in [-0.25, -0.2) is 0 Å². The van der Waals surface area contributed by atoms with Crippen molar-refractivity contribution in [3.63, 3.8) is 0 Å². The highest BCUT2D eigenvalue weighted by Gasteiger charge is 2.91. The zero-order valence-corrected chi connectivity index (χ0v) is 10.2. The summed E-state index contributed by atoms with van der Waals surface area (Å²) in [6, 6.07) is 0. The summed E-state index contributed by atoms with van der Waals surface area (Å²) in [4.78, 5) is 9.56. The summed E-state index contributed by atoms with van der Waals surface area (Å²) in [6.07, 6.45) is -14.2. The summed E-state index contributed by atoms with van der Waals surface area (Å²) in [5, 5.41) is 0. The molecule has 0 fully saturated rings. The second kappa shape index (κ2) is 5.51. The van der Waals surface area contributed by atoms with Crippen LogP contribution in [0.25, 0.3) is 0 Å². The Morgan fingerprint density at radius 2 is 0.864 bits per heavy atom. The summed E-state index contributed by atoms with van der Waals surface area (Å²) < 4.78 is 162. The van der Waals surface area contributed by atoms with Crippen molar-refractivity contribution in [3.8, 4) is 0 Å². The van der Waals surface area contributed by atoms with Gasteiger partial charge in [0.25, 0.3) is 0 Å². The molecule has 0 N–H and O–H groups in total. The first-order valence-corrected chi connectivity index (χ1v) is 5.14. The monoisotopic (exact) mass is 383 g/mol. The van der Waals surface area contributed by atoms with E-state index in [0.29, 0.717) is 0 Å². The Bertz CT molecular complexity index is 402. The highest BCUT2D eigenvalue weighted by molar-refractivity contribution is 7.23. The number of hydrogen-bond donors (Lipinski definition) is 0. The molecule has 1 unspecified atom stereocenters. The van der Waals surface area contributed by atoms with Crippen LogP contribution in [0.2, 0.25) is 0 Å². The van der Waals surface area contributed by atoms with Crippen molar-refractivity contribution in [2.75, 3.05) is 0 Å². The number of halogens is 13. The van der Waals surface area contributed by atoms with Crippen molar-refractivity contribution in [3.05, 3.63) is 0 Å². The lowest BCUT2D eigenvalue weighted by Gasteiger charge is -2.39. The molecule has 0 saturated heterocycles. The van der Waals surface area contributed by atoms with Gasteiger partial charge in [0.1, 0.15) is 0 Å². The van der Waals surface area contributed by atoms with E-state index in [1.54, 1.807) is 0 Å². The molecular formula is C6HF13O2P-. The van der Waals surface area contributed by atoms with Crippen molar-refractivity contribution in [1.82, 2.24) is 0 Å².